The summed E-state index contributed by atoms with van der Waals surface area (Å²) in [7, 11) is -2.55. The average Bonchev–Trinajstić information content (AvgIpc) is 2.92. The lowest BCUT2D eigenvalue weighted by Gasteiger charge is -2.32. The smallest absolute Gasteiger partial charge is 0.264 e. The van der Waals surface area contributed by atoms with Crippen molar-refractivity contribution in [2.45, 2.75) is 44.6 Å². The van der Waals surface area contributed by atoms with Crippen LogP contribution in [0, 0.1) is 12.8 Å². The Bertz CT molecular complexity index is 1340. The minimum atomic E-state index is -4.03. The zero-order chi connectivity index (χ0) is 27.3. The maximum Gasteiger partial charge on any atom is 0.264 e. The average molecular weight is 536 g/mol. The van der Waals surface area contributed by atoms with Gasteiger partial charge < -0.3 is 15.0 Å². The fraction of sp³-hybridized carbons (Fsp3) is 0.367. The number of benzene rings is 3. The highest BCUT2D eigenvalue weighted by Crippen LogP contribution is 2.33. The molecule has 1 N–H and O–H groups in total. The first-order chi connectivity index (χ1) is 18.2. The molecule has 1 heterocycles. The molecule has 202 valence electrons. The molecular weight excluding hydrogens is 498 g/mol. The van der Waals surface area contributed by atoms with Gasteiger partial charge in [0, 0.05) is 18.8 Å². The summed E-state index contributed by atoms with van der Waals surface area (Å²) in [5.41, 5.74) is 3.31. The first kappa shape index (κ1) is 27.5. The molecule has 3 aromatic carbocycles. The van der Waals surface area contributed by atoms with Crippen molar-refractivity contribution in [3.05, 3.63) is 83.9 Å². The van der Waals surface area contributed by atoms with Gasteiger partial charge in [-0.15, -0.1) is 0 Å². The van der Waals surface area contributed by atoms with E-state index >= 15 is 0 Å². The van der Waals surface area contributed by atoms with Gasteiger partial charge >= 0.3 is 0 Å². The fourth-order valence-corrected chi connectivity index (χ4v) is 6.20. The van der Waals surface area contributed by atoms with Gasteiger partial charge in [0.05, 0.1) is 23.7 Å². The first-order valence-electron chi connectivity index (χ1n) is 13.1. The Hall–Kier alpha value is -3.52. The summed E-state index contributed by atoms with van der Waals surface area (Å²) in [6.07, 6.45) is 2.39. The lowest BCUT2D eigenvalue weighted by atomic mass is 9.98. The number of hydrogen-bond donors (Lipinski definition) is 1. The van der Waals surface area contributed by atoms with E-state index in [-0.39, 0.29) is 17.5 Å². The topological polar surface area (TPSA) is 79.0 Å². The van der Waals surface area contributed by atoms with Gasteiger partial charge in [-0.05, 0) is 80.1 Å². The first-order valence-corrected chi connectivity index (χ1v) is 14.5. The van der Waals surface area contributed by atoms with E-state index < -0.39 is 15.9 Å². The molecule has 38 heavy (non-hydrogen) atoms. The summed E-state index contributed by atoms with van der Waals surface area (Å²) in [4.78, 5) is 15.8. The summed E-state index contributed by atoms with van der Waals surface area (Å²) in [5, 5.41) is 2.98. The normalized spacial score (nSPS) is 15.1. The van der Waals surface area contributed by atoms with E-state index in [0.717, 1.165) is 34.4 Å². The zero-order valence-electron chi connectivity index (χ0n) is 22.6. The lowest BCUT2D eigenvalue weighted by Crippen LogP contribution is -2.41. The second-order valence-corrected chi connectivity index (χ2v) is 11.9. The third-order valence-electron chi connectivity index (χ3n) is 7.14. The van der Waals surface area contributed by atoms with Crippen LogP contribution in [0.25, 0.3) is 0 Å². The van der Waals surface area contributed by atoms with Crippen LogP contribution < -0.4 is 19.3 Å². The van der Waals surface area contributed by atoms with E-state index in [1.54, 1.807) is 30.3 Å². The summed E-state index contributed by atoms with van der Waals surface area (Å²) in [6, 6.07) is 21.3. The van der Waals surface area contributed by atoms with Crippen molar-refractivity contribution >= 4 is 27.3 Å². The van der Waals surface area contributed by atoms with Crippen LogP contribution in [0.15, 0.2) is 77.7 Å². The molecule has 1 unspecified atom stereocenters. The maximum absolute atomic E-state index is 13.7. The van der Waals surface area contributed by atoms with Crippen LogP contribution in [0.4, 0.5) is 11.4 Å². The number of amides is 1. The predicted octanol–water partition coefficient (Wildman–Crippen LogP) is 5.31. The molecule has 3 aromatic rings. The quantitative estimate of drug-likeness (QED) is 0.402. The van der Waals surface area contributed by atoms with Crippen molar-refractivity contribution in [3.63, 3.8) is 0 Å². The van der Waals surface area contributed by atoms with Crippen LogP contribution in [0.3, 0.4) is 0 Å². The molecule has 0 aliphatic carbocycles. The van der Waals surface area contributed by atoms with E-state index in [1.165, 1.54) is 37.8 Å². The molecule has 0 radical (unpaired) electrons. The zero-order valence-corrected chi connectivity index (χ0v) is 23.4. The number of aryl methyl sites for hydroxylation is 1. The molecule has 0 aromatic heterocycles. The Labute approximate surface area is 226 Å². The standard InChI is InChI=1S/C30H37N3O4S/c1-22-16-18-32(19-17-22)26-13-11-25(12-14-26)24(3)31-30(34)21-33(28-20-23(2)10-15-29(28)37-4)38(35,36)27-8-6-5-7-9-27/h5-15,20,22,24H,16-19,21H2,1-4H3,(H,31,34). The Morgan fingerprint density at radius 3 is 2.34 bits per heavy atom. The molecule has 1 aliphatic heterocycles. The van der Waals surface area contributed by atoms with Gasteiger partial charge in [-0.1, -0.05) is 43.3 Å². The van der Waals surface area contributed by atoms with Crippen molar-refractivity contribution in [1.82, 2.24) is 5.32 Å². The monoisotopic (exact) mass is 535 g/mol. The van der Waals surface area contributed by atoms with Crippen molar-refractivity contribution in [2.24, 2.45) is 5.92 Å². The molecule has 4 rings (SSSR count). The summed E-state index contributed by atoms with van der Waals surface area (Å²) in [5.74, 6) is 0.735. The van der Waals surface area contributed by atoms with Gasteiger partial charge in [0.25, 0.3) is 10.0 Å². The number of methoxy groups -OCH3 is 1. The Morgan fingerprint density at radius 1 is 1.05 bits per heavy atom. The minimum Gasteiger partial charge on any atom is -0.495 e. The highest BCUT2D eigenvalue weighted by molar-refractivity contribution is 7.92. The SMILES string of the molecule is COc1ccc(C)cc1N(CC(=O)NC(C)c1ccc(N2CCC(C)CC2)cc1)S(=O)(=O)c1ccccc1. The summed E-state index contributed by atoms with van der Waals surface area (Å²) in [6.45, 7) is 7.80. The Kier molecular flexibility index (Phi) is 8.62. The number of ether oxygens (including phenoxy) is 1. The molecule has 1 atom stereocenters. The largest absolute Gasteiger partial charge is 0.495 e. The van der Waals surface area contributed by atoms with Crippen LogP contribution in [0.1, 0.15) is 43.9 Å². The third-order valence-corrected chi connectivity index (χ3v) is 8.91. The van der Waals surface area contributed by atoms with E-state index in [0.29, 0.717) is 11.4 Å². The van der Waals surface area contributed by atoms with E-state index in [2.05, 4.69) is 29.3 Å². The van der Waals surface area contributed by atoms with Gasteiger partial charge in [0.15, 0.2) is 0 Å². The maximum atomic E-state index is 13.7. The number of hydrogen-bond acceptors (Lipinski definition) is 5. The Balaban J connectivity index is 1.53. The molecule has 1 saturated heterocycles. The number of carbonyl (C=O) groups is 1. The minimum absolute atomic E-state index is 0.104. The van der Waals surface area contributed by atoms with E-state index in [4.69, 9.17) is 4.74 Å². The number of sulfonamides is 1. The predicted molar refractivity (Wildman–Crippen MR) is 152 cm³/mol. The van der Waals surface area contributed by atoms with Gasteiger partial charge in [0.2, 0.25) is 5.91 Å². The Morgan fingerprint density at radius 2 is 1.71 bits per heavy atom. The number of rotatable bonds is 9. The van der Waals surface area contributed by atoms with Crippen molar-refractivity contribution in [1.29, 1.82) is 0 Å². The highest BCUT2D eigenvalue weighted by atomic mass is 32.2. The number of piperidine rings is 1. The van der Waals surface area contributed by atoms with E-state index in [9.17, 15) is 13.2 Å². The van der Waals surface area contributed by atoms with Crippen molar-refractivity contribution in [2.75, 3.05) is 35.9 Å². The molecule has 1 fully saturated rings. The summed E-state index contributed by atoms with van der Waals surface area (Å²) >= 11 is 0. The van der Waals surface area contributed by atoms with Crippen LogP contribution in [-0.2, 0) is 14.8 Å². The molecule has 7 nitrogen and oxygen atoms in total. The van der Waals surface area contributed by atoms with Gasteiger partial charge in [-0.2, -0.15) is 0 Å². The van der Waals surface area contributed by atoms with Crippen LogP contribution in [0.2, 0.25) is 0 Å². The van der Waals surface area contributed by atoms with Crippen LogP contribution >= 0.6 is 0 Å². The molecule has 0 spiro atoms. The molecule has 8 heteroatoms. The number of anilines is 2. The van der Waals surface area contributed by atoms with Crippen LogP contribution in [-0.4, -0.2) is 41.1 Å². The second kappa shape index (κ2) is 11.9. The molecule has 0 saturated carbocycles. The second-order valence-electron chi connectivity index (χ2n) is 10.1. The highest BCUT2D eigenvalue weighted by Gasteiger charge is 2.30. The number of carbonyl (C=O) groups excluding carboxylic acids is 1. The fourth-order valence-electron chi connectivity index (χ4n) is 4.76. The van der Waals surface area contributed by atoms with Gasteiger partial charge in [-0.3, -0.25) is 9.10 Å². The number of nitrogens with zero attached hydrogens (tertiary/aromatic N) is 2. The van der Waals surface area contributed by atoms with Crippen molar-refractivity contribution in [3.8, 4) is 5.75 Å². The third kappa shape index (κ3) is 6.30. The molecule has 1 amide bonds. The van der Waals surface area contributed by atoms with Gasteiger partial charge in [-0.25, -0.2) is 8.42 Å². The lowest BCUT2D eigenvalue weighted by molar-refractivity contribution is -0.120. The number of nitrogens with one attached hydrogen (secondary N) is 1. The molecule has 0 bridgehead atoms. The van der Waals surface area contributed by atoms with Gasteiger partial charge in [0.1, 0.15) is 12.3 Å². The molecule has 1 aliphatic rings. The molecular formula is C30H37N3O4S. The van der Waals surface area contributed by atoms with Crippen LogP contribution in [0.5, 0.6) is 5.75 Å². The van der Waals surface area contributed by atoms with Crippen molar-refractivity contribution < 1.29 is 17.9 Å². The van der Waals surface area contributed by atoms with E-state index in [1.807, 2.05) is 32.0 Å². The summed E-state index contributed by atoms with van der Waals surface area (Å²) < 4.78 is 34.0.